The summed E-state index contributed by atoms with van der Waals surface area (Å²) in [5.41, 5.74) is 2.15. The molecule has 0 aliphatic carbocycles. The first-order valence-electron chi connectivity index (χ1n) is 11.6. The van der Waals surface area contributed by atoms with Crippen LogP contribution in [0.2, 0.25) is 0 Å². The van der Waals surface area contributed by atoms with Gasteiger partial charge in [0.25, 0.3) is 11.6 Å². The molecule has 1 heterocycles. The summed E-state index contributed by atoms with van der Waals surface area (Å²) >= 11 is 0. The van der Waals surface area contributed by atoms with E-state index in [9.17, 15) is 34.4 Å². The number of pyridine rings is 1. The van der Waals surface area contributed by atoms with Gasteiger partial charge in [0.1, 0.15) is 5.75 Å². The zero-order valence-electron chi connectivity index (χ0n) is 25.9. The largest absolute Gasteiger partial charge is 3.00 e. The first-order chi connectivity index (χ1) is 21.3. The van der Waals surface area contributed by atoms with E-state index in [1.54, 1.807) is 42.3 Å². The second-order valence-corrected chi connectivity index (χ2v) is 7.91. The Balaban J connectivity index is -0.000000200. The summed E-state index contributed by atoms with van der Waals surface area (Å²) in [6, 6.07) is 5.04. The topological polar surface area (TPSA) is 323 Å². The number of nitro groups is 1. The van der Waals surface area contributed by atoms with Crippen molar-refractivity contribution >= 4 is 37.0 Å². The second kappa shape index (κ2) is 32.0. The molecule has 0 atom stereocenters. The van der Waals surface area contributed by atoms with E-state index in [4.69, 9.17) is 35.4 Å². The van der Waals surface area contributed by atoms with Gasteiger partial charge in [0.15, 0.2) is 0 Å². The van der Waals surface area contributed by atoms with Crippen molar-refractivity contribution in [3.63, 3.8) is 0 Å². The van der Waals surface area contributed by atoms with Gasteiger partial charge in [-0.15, -0.1) is 0 Å². The number of carbonyl (C=O) groups is 4. The van der Waals surface area contributed by atoms with Gasteiger partial charge in [0, 0.05) is 66.3 Å². The minimum absolute atomic E-state index is 0. The zero-order chi connectivity index (χ0) is 36.8. The molecule has 0 saturated heterocycles. The number of nitro benzene ring substituents is 1. The molecule has 0 bridgehead atoms. The first kappa shape index (κ1) is 51.2. The van der Waals surface area contributed by atoms with E-state index in [1.165, 1.54) is 46.3 Å². The van der Waals surface area contributed by atoms with Crippen LogP contribution in [0.5, 0.6) is 11.5 Å². The number of aromatic nitrogens is 1. The van der Waals surface area contributed by atoms with Gasteiger partial charge >= 0.3 is 38.2 Å². The number of hydrogen-bond donors (Lipinski definition) is 1. The van der Waals surface area contributed by atoms with Crippen LogP contribution in [0.1, 0.15) is 15.9 Å². The number of amides is 4. The number of non-ortho nitro benzene ring substituents is 1. The molecule has 4 amide bonds. The zero-order valence-corrected chi connectivity index (χ0v) is 27.9. The van der Waals surface area contributed by atoms with Crippen LogP contribution in [0.4, 0.5) is 5.69 Å². The van der Waals surface area contributed by atoms with Crippen LogP contribution in [-0.4, -0.2) is 116 Å². The van der Waals surface area contributed by atoms with Gasteiger partial charge in [-0.25, -0.2) is 5.43 Å². The van der Waals surface area contributed by atoms with Crippen LogP contribution >= 0.6 is 0 Å². The van der Waals surface area contributed by atoms with E-state index < -0.39 is 26.8 Å². The van der Waals surface area contributed by atoms with Crippen molar-refractivity contribution in [1.82, 2.24) is 25.1 Å². The molecule has 0 aliphatic rings. The number of hydrazone groups is 1. The molecule has 24 heteroatoms. The Morgan fingerprint density at radius 1 is 0.830 bits per heavy atom. The maximum atomic E-state index is 12.0. The molecule has 0 aliphatic heterocycles. The Morgan fingerprint density at radius 2 is 1.19 bits per heavy atom. The SMILES string of the molecule is CN(C)C=O.CN(C)C=O.CN(C)C=O.COc1cc([N+](=O)[O-])cc(/C=N/NC(=O)c2ccncc2)c1[O-].O=[N+]([O-])[O-].O=[N+]([O-])[O-].[Dy+3]. The fourth-order valence-corrected chi connectivity index (χ4v) is 1.69. The Morgan fingerprint density at radius 3 is 1.49 bits per heavy atom. The van der Waals surface area contributed by atoms with Crippen molar-refractivity contribution in [3.8, 4) is 11.5 Å². The third-order valence-corrected chi connectivity index (χ3v) is 3.44. The summed E-state index contributed by atoms with van der Waals surface area (Å²) in [5, 5.41) is 55.9. The molecule has 47 heavy (non-hydrogen) atoms. The number of carbonyl (C=O) groups excluding carboxylic acids is 4. The Hall–Kier alpha value is -5.41. The summed E-state index contributed by atoms with van der Waals surface area (Å²) in [5.74, 6) is -1.25. The van der Waals surface area contributed by atoms with Gasteiger partial charge < -0.3 is 55.2 Å². The van der Waals surface area contributed by atoms with Crippen molar-refractivity contribution in [1.29, 1.82) is 0 Å². The number of benzene rings is 1. The van der Waals surface area contributed by atoms with Crippen molar-refractivity contribution in [3.05, 3.63) is 88.5 Å². The van der Waals surface area contributed by atoms with Gasteiger partial charge in [0.2, 0.25) is 19.2 Å². The second-order valence-electron chi connectivity index (χ2n) is 7.91. The van der Waals surface area contributed by atoms with Gasteiger partial charge in [-0.3, -0.25) is 34.3 Å². The molecular weight excluding hydrogens is 789 g/mol. The average molecular weight is 821 g/mol. The Bertz CT molecular complexity index is 1200. The predicted octanol–water partition coefficient (Wildman–Crippen LogP) is -0.529. The number of hydrogen-bond acceptors (Lipinski definition) is 16. The summed E-state index contributed by atoms with van der Waals surface area (Å²) in [4.78, 5) is 74.8. The molecule has 0 spiro atoms. The van der Waals surface area contributed by atoms with Crippen LogP contribution < -0.4 is 15.3 Å². The van der Waals surface area contributed by atoms with Crippen LogP contribution in [-0.2, 0) is 14.4 Å². The minimum Gasteiger partial charge on any atom is -0.870 e. The third kappa shape index (κ3) is 36.7. The minimum atomic E-state index is -1.75. The standard InChI is InChI=1S/C14H12N4O5.3C3H7NO.Dy.2NO3/c1-23-12-7-11(18(21)22)6-10(13(12)19)8-16-17-14(20)9-2-4-15-5-3-9;3*1-4(2)3-5;;2*2-1(3)4/h2-8,19H,1H3,(H,17,20);3*3H,1-2H3;;;/q;;;;+3;2*-1/p-1/b16-8+;;;;;;. The molecule has 1 aromatic carbocycles. The van der Waals surface area contributed by atoms with E-state index in [1.807, 2.05) is 0 Å². The number of rotatable bonds is 8. The molecule has 0 saturated carbocycles. The third-order valence-electron chi connectivity index (χ3n) is 3.44. The fourth-order valence-electron chi connectivity index (χ4n) is 1.69. The van der Waals surface area contributed by atoms with Gasteiger partial charge in [-0.1, -0.05) is 5.75 Å². The van der Waals surface area contributed by atoms with Crippen molar-refractivity contribution < 1.29 is 82.3 Å². The Kier molecular flexibility index (Phi) is 34.8. The van der Waals surface area contributed by atoms with E-state index in [0.29, 0.717) is 5.56 Å². The normalized spacial score (nSPS) is 8.32. The maximum Gasteiger partial charge on any atom is 3.00 e. The van der Waals surface area contributed by atoms with E-state index in [2.05, 4.69) is 15.5 Å². The van der Waals surface area contributed by atoms with Gasteiger partial charge in [-0.05, 0) is 17.7 Å². The van der Waals surface area contributed by atoms with Gasteiger partial charge in [0.05, 0.1) is 34.5 Å². The van der Waals surface area contributed by atoms with Crippen molar-refractivity contribution in [2.75, 3.05) is 49.4 Å². The summed E-state index contributed by atoms with van der Waals surface area (Å²) in [6.07, 6.45) is 6.16. The molecule has 2 aromatic rings. The molecule has 1 aromatic heterocycles. The van der Waals surface area contributed by atoms with Crippen molar-refractivity contribution in [2.24, 2.45) is 5.10 Å². The summed E-state index contributed by atoms with van der Waals surface area (Å²) in [7, 11) is 11.4. The Labute approximate surface area is 297 Å². The molecule has 0 fully saturated rings. The monoisotopic (exact) mass is 822 g/mol. The summed E-state index contributed by atoms with van der Waals surface area (Å²) < 4.78 is 4.80. The number of nitrogens with zero attached hydrogens (tertiary/aromatic N) is 8. The molecule has 1 N–H and O–H groups in total. The van der Waals surface area contributed by atoms with Crippen LogP contribution in [0.3, 0.4) is 0 Å². The molecule has 2 rings (SSSR count). The van der Waals surface area contributed by atoms with Crippen LogP contribution in [0, 0.1) is 78.9 Å². The quantitative estimate of drug-likeness (QED) is 0.151. The smallest absolute Gasteiger partial charge is 0.870 e. The average Bonchev–Trinajstić information content (AvgIpc) is 2.98. The van der Waals surface area contributed by atoms with Crippen LogP contribution in [0.25, 0.3) is 0 Å². The van der Waals surface area contributed by atoms with E-state index in [-0.39, 0.29) is 55.2 Å². The van der Waals surface area contributed by atoms with Crippen molar-refractivity contribution in [2.45, 2.75) is 0 Å². The first-order valence-corrected chi connectivity index (χ1v) is 11.6. The number of methoxy groups -OCH3 is 1. The molecule has 1 radical (unpaired) electrons. The van der Waals surface area contributed by atoms with E-state index >= 15 is 0 Å². The molecular formula is C23H32DyN9O14. The molecule has 263 valence electrons. The van der Waals surface area contributed by atoms with Crippen LogP contribution in [0.15, 0.2) is 41.8 Å². The predicted molar refractivity (Wildman–Crippen MR) is 158 cm³/mol. The number of nitrogens with one attached hydrogen (secondary N) is 1. The molecule has 0 unspecified atom stereocenters. The number of ether oxygens (including phenoxy) is 1. The fraction of sp³-hybridized carbons (Fsp3) is 0.304. The van der Waals surface area contributed by atoms with E-state index in [0.717, 1.165) is 37.6 Å². The summed E-state index contributed by atoms with van der Waals surface area (Å²) in [6.45, 7) is 0. The maximum absolute atomic E-state index is 12.0. The molecule has 23 nitrogen and oxygen atoms in total. The van der Waals surface area contributed by atoms with Gasteiger partial charge in [-0.2, -0.15) is 5.10 Å².